The lowest BCUT2D eigenvalue weighted by Crippen LogP contribution is -2.25. The van der Waals surface area contributed by atoms with E-state index in [1.807, 2.05) is 7.05 Å². The quantitative estimate of drug-likeness (QED) is 0.491. The van der Waals surface area contributed by atoms with Gasteiger partial charge in [0.2, 0.25) is 0 Å². The number of hydrogen-bond donors (Lipinski definition) is 3. The molecule has 3 nitrogen and oxygen atoms in total. The maximum Gasteiger partial charge on any atom is 0.0679 e. The van der Waals surface area contributed by atoms with E-state index in [0.29, 0.717) is 6.04 Å². The van der Waals surface area contributed by atoms with E-state index >= 15 is 0 Å². The largest absolute Gasteiger partial charge is 0.392 e. The second-order valence-corrected chi connectivity index (χ2v) is 2.89. The van der Waals surface area contributed by atoms with Crippen molar-refractivity contribution in [3.63, 3.8) is 0 Å². The maximum atomic E-state index is 9.12. The molecule has 1 fully saturated rings. The third kappa shape index (κ3) is 2.25. The molecule has 1 aliphatic rings. The number of aliphatic hydroxyl groups is 1. The highest BCUT2D eigenvalue weighted by Gasteiger charge is 2.20. The third-order valence-corrected chi connectivity index (χ3v) is 1.94. The van der Waals surface area contributed by atoms with E-state index in [-0.39, 0.29) is 6.10 Å². The van der Waals surface area contributed by atoms with Gasteiger partial charge in [0.25, 0.3) is 0 Å². The molecule has 1 heterocycles. The summed E-state index contributed by atoms with van der Waals surface area (Å²) in [5, 5.41) is 15.5. The summed E-state index contributed by atoms with van der Waals surface area (Å²) in [6.45, 7) is 1.80. The van der Waals surface area contributed by atoms with Gasteiger partial charge in [-0.2, -0.15) is 0 Å². The fourth-order valence-electron chi connectivity index (χ4n) is 1.34. The monoisotopic (exact) mass is 144 g/mol. The summed E-state index contributed by atoms with van der Waals surface area (Å²) >= 11 is 0. The van der Waals surface area contributed by atoms with Crippen molar-refractivity contribution in [1.82, 2.24) is 10.6 Å². The summed E-state index contributed by atoms with van der Waals surface area (Å²) in [4.78, 5) is 0. The van der Waals surface area contributed by atoms with Crippen molar-refractivity contribution in [3.05, 3.63) is 0 Å². The van der Waals surface area contributed by atoms with Gasteiger partial charge in [0.1, 0.15) is 0 Å². The molecule has 3 heteroatoms. The summed E-state index contributed by atoms with van der Waals surface area (Å²) in [5.74, 6) is 0. The summed E-state index contributed by atoms with van der Waals surface area (Å²) in [6, 6.07) is 0.530. The van der Waals surface area contributed by atoms with Crippen LogP contribution in [-0.4, -0.2) is 37.4 Å². The Morgan fingerprint density at radius 2 is 2.50 bits per heavy atom. The number of nitrogens with one attached hydrogen (secondary N) is 2. The smallest absolute Gasteiger partial charge is 0.0679 e. The van der Waals surface area contributed by atoms with Gasteiger partial charge in [-0.15, -0.1) is 0 Å². The zero-order valence-corrected chi connectivity index (χ0v) is 6.43. The van der Waals surface area contributed by atoms with Gasteiger partial charge in [-0.25, -0.2) is 0 Å². The summed E-state index contributed by atoms with van der Waals surface area (Å²) < 4.78 is 0. The first kappa shape index (κ1) is 7.98. The molecular formula is C7H16N2O. The Morgan fingerprint density at radius 3 is 3.00 bits per heavy atom. The van der Waals surface area contributed by atoms with Crippen molar-refractivity contribution >= 4 is 0 Å². The molecule has 60 valence electrons. The molecule has 0 aromatic heterocycles. The first-order chi connectivity index (χ1) is 4.83. The van der Waals surface area contributed by atoms with Crippen LogP contribution in [0.15, 0.2) is 0 Å². The molecule has 0 aromatic carbocycles. The van der Waals surface area contributed by atoms with Crippen LogP contribution in [0.1, 0.15) is 12.8 Å². The molecule has 1 aliphatic heterocycles. The fourth-order valence-corrected chi connectivity index (χ4v) is 1.34. The third-order valence-electron chi connectivity index (χ3n) is 1.94. The van der Waals surface area contributed by atoms with Crippen LogP contribution >= 0.6 is 0 Å². The molecule has 0 radical (unpaired) electrons. The Bertz CT molecular complexity index is 97.6. The van der Waals surface area contributed by atoms with Crippen LogP contribution in [0.2, 0.25) is 0 Å². The SMILES string of the molecule is CNCCC1CC(O)CN1. The Labute approximate surface area is 61.8 Å². The Balaban J connectivity index is 2.06. The minimum atomic E-state index is -0.109. The molecule has 0 amide bonds. The number of hydrogen-bond acceptors (Lipinski definition) is 3. The van der Waals surface area contributed by atoms with E-state index in [9.17, 15) is 0 Å². The van der Waals surface area contributed by atoms with E-state index in [0.717, 1.165) is 25.9 Å². The Kier molecular flexibility index (Phi) is 3.12. The zero-order chi connectivity index (χ0) is 7.40. The van der Waals surface area contributed by atoms with Gasteiger partial charge in [0.15, 0.2) is 0 Å². The predicted molar refractivity (Wildman–Crippen MR) is 41.0 cm³/mol. The van der Waals surface area contributed by atoms with E-state index in [2.05, 4.69) is 10.6 Å². The molecule has 0 aromatic rings. The fraction of sp³-hybridized carbons (Fsp3) is 1.00. The normalized spacial score (nSPS) is 33.0. The molecule has 1 rings (SSSR count). The maximum absolute atomic E-state index is 9.12. The molecule has 1 saturated heterocycles. The molecule has 0 saturated carbocycles. The van der Waals surface area contributed by atoms with E-state index in [1.54, 1.807) is 0 Å². The first-order valence-corrected chi connectivity index (χ1v) is 3.89. The van der Waals surface area contributed by atoms with E-state index in [1.165, 1.54) is 0 Å². The van der Waals surface area contributed by atoms with Crippen LogP contribution in [-0.2, 0) is 0 Å². The molecule has 2 unspecified atom stereocenters. The van der Waals surface area contributed by atoms with Gasteiger partial charge < -0.3 is 15.7 Å². The van der Waals surface area contributed by atoms with Crippen molar-refractivity contribution in [2.24, 2.45) is 0 Å². The number of β-amino-alcohol motifs (C(OH)–C–C–N with tert-alkyl or cyclic N) is 1. The molecule has 0 spiro atoms. The lowest BCUT2D eigenvalue weighted by atomic mass is 10.1. The van der Waals surface area contributed by atoms with Crippen LogP contribution in [0.25, 0.3) is 0 Å². The molecule has 0 bridgehead atoms. The average molecular weight is 144 g/mol. The summed E-state index contributed by atoms with van der Waals surface area (Å²) in [5.41, 5.74) is 0. The van der Waals surface area contributed by atoms with Crippen LogP contribution in [0.5, 0.6) is 0 Å². The molecule has 0 aliphatic carbocycles. The molecule has 10 heavy (non-hydrogen) atoms. The van der Waals surface area contributed by atoms with Crippen molar-refractivity contribution in [2.75, 3.05) is 20.1 Å². The van der Waals surface area contributed by atoms with Crippen molar-refractivity contribution in [2.45, 2.75) is 25.0 Å². The van der Waals surface area contributed by atoms with Gasteiger partial charge >= 0.3 is 0 Å². The lowest BCUT2D eigenvalue weighted by molar-refractivity contribution is 0.193. The van der Waals surface area contributed by atoms with E-state index in [4.69, 9.17) is 5.11 Å². The molecule has 2 atom stereocenters. The first-order valence-electron chi connectivity index (χ1n) is 3.89. The van der Waals surface area contributed by atoms with E-state index < -0.39 is 0 Å². The van der Waals surface area contributed by atoms with Crippen LogP contribution in [0.3, 0.4) is 0 Å². The van der Waals surface area contributed by atoms with Crippen LogP contribution in [0, 0.1) is 0 Å². The predicted octanol–water partition coefficient (Wildman–Crippen LogP) is -0.681. The van der Waals surface area contributed by atoms with Crippen molar-refractivity contribution in [3.8, 4) is 0 Å². The minimum absolute atomic E-state index is 0.109. The average Bonchev–Trinajstić information content (AvgIpc) is 2.31. The van der Waals surface area contributed by atoms with Gasteiger partial charge in [-0.05, 0) is 26.4 Å². The molecular weight excluding hydrogens is 128 g/mol. The Morgan fingerprint density at radius 1 is 1.70 bits per heavy atom. The van der Waals surface area contributed by atoms with Gasteiger partial charge in [-0.1, -0.05) is 0 Å². The van der Waals surface area contributed by atoms with Crippen molar-refractivity contribution in [1.29, 1.82) is 0 Å². The second kappa shape index (κ2) is 3.91. The molecule has 3 N–H and O–H groups in total. The van der Waals surface area contributed by atoms with Crippen molar-refractivity contribution < 1.29 is 5.11 Å². The Hall–Kier alpha value is -0.120. The highest BCUT2D eigenvalue weighted by Crippen LogP contribution is 2.08. The minimum Gasteiger partial charge on any atom is -0.392 e. The van der Waals surface area contributed by atoms with Gasteiger partial charge in [-0.3, -0.25) is 0 Å². The lowest BCUT2D eigenvalue weighted by Gasteiger charge is -2.07. The zero-order valence-electron chi connectivity index (χ0n) is 6.43. The van der Waals surface area contributed by atoms with Gasteiger partial charge in [0.05, 0.1) is 6.10 Å². The number of rotatable bonds is 3. The highest BCUT2D eigenvalue weighted by atomic mass is 16.3. The highest BCUT2D eigenvalue weighted by molar-refractivity contribution is 4.80. The summed E-state index contributed by atoms with van der Waals surface area (Å²) in [7, 11) is 1.95. The van der Waals surface area contributed by atoms with Gasteiger partial charge in [0, 0.05) is 12.6 Å². The second-order valence-electron chi connectivity index (χ2n) is 2.89. The van der Waals surface area contributed by atoms with Crippen LogP contribution in [0.4, 0.5) is 0 Å². The van der Waals surface area contributed by atoms with Crippen LogP contribution < -0.4 is 10.6 Å². The topological polar surface area (TPSA) is 44.3 Å². The number of aliphatic hydroxyl groups excluding tert-OH is 1. The standard InChI is InChI=1S/C7H16N2O/c1-8-3-2-6-4-7(10)5-9-6/h6-10H,2-5H2,1H3. The summed E-state index contributed by atoms with van der Waals surface area (Å²) in [6.07, 6.45) is 1.93.